The molecule has 0 aliphatic carbocycles. The van der Waals surface area contributed by atoms with Crippen LogP contribution < -0.4 is 11.3 Å². The van der Waals surface area contributed by atoms with E-state index in [9.17, 15) is 4.79 Å². The van der Waals surface area contributed by atoms with Crippen molar-refractivity contribution in [3.05, 3.63) is 33.7 Å². The van der Waals surface area contributed by atoms with E-state index in [1.807, 2.05) is 6.92 Å². The summed E-state index contributed by atoms with van der Waals surface area (Å²) in [5.74, 6) is 0. The van der Waals surface area contributed by atoms with E-state index in [2.05, 4.69) is 4.98 Å². The highest BCUT2D eigenvalue weighted by Gasteiger charge is 2.08. The topological polar surface area (TPSA) is 68.1 Å². The predicted molar refractivity (Wildman–Crippen MR) is 50.6 cm³/mol. The van der Waals surface area contributed by atoms with Gasteiger partial charge in [-0.05, 0) is 18.1 Å². The van der Waals surface area contributed by atoms with E-state index in [1.54, 1.807) is 13.3 Å². The summed E-state index contributed by atoms with van der Waals surface area (Å²) in [6.07, 6.45) is 1.64. The Hall–Kier alpha value is -1.13. The van der Waals surface area contributed by atoms with E-state index in [0.29, 0.717) is 6.61 Å². The Balaban J connectivity index is 2.94. The molecule has 0 bridgehead atoms. The number of aromatic amines is 1. The van der Waals surface area contributed by atoms with Gasteiger partial charge < -0.3 is 15.5 Å². The van der Waals surface area contributed by atoms with Gasteiger partial charge in [0.25, 0.3) is 0 Å². The summed E-state index contributed by atoms with van der Waals surface area (Å²) < 4.78 is 4.93. The SMILES string of the molecule is COCC(N)c1c[nH]c(=O)cc1C. The van der Waals surface area contributed by atoms with E-state index >= 15 is 0 Å². The zero-order valence-corrected chi connectivity index (χ0v) is 7.83. The number of rotatable bonds is 3. The van der Waals surface area contributed by atoms with Crippen LogP contribution in [0.1, 0.15) is 17.2 Å². The van der Waals surface area contributed by atoms with Crippen LogP contribution in [0, 0.1) is 6.92 Å². The molecule has 0 saturated heterocycles. The first-order valence-electron chi connectivity index (χ1n) is 4.09. The summed E-state index contributed by atoms with van der Waals surface area (Å²) in [5.41, 5.74) is 7.52. The number of H-pyrrole nitrogens is 1. The molecule has 3 N–H and O–H groups in total. The molecular weight excluding hydrogens is 168 g/mol. The van der Waals surface area contributed by atoms with Gasteiger partial charge in [-0.3, -0.25) is 4.79 Å². The third-order valence-electron chi connectivity index (χ3n) is 1.92. The van der Waals surface area contributed by atoms with Crippen LogP contribution in [0.2, 0.25) is 0 Å². The molecule has 4 heteroatoms. The normalized spacial score (nSPS) is 12.8. The second kappa shape index (κ2) is 4.20. The Labute approximate surface area is 76.7 Å². The third-order valence-corrected chi connectivity index (χ3v) is 1.92. The van der Waals surface area contributed by atoms with Gasteiger partial charge in [-0.1, -0.05) is 0 Å². The molecule has 1 aromatic heterocycles. The highest BCUT2D eigenvalue weighted by atomic mass is 16.5. The molecule has 4 nitrogen and oxygen atoms in total. The van der Waals surface area contributed by atoms with Crippen LogP contribution in [0.4, 0.5) is 0 Å². The van der Waals surface area contributed by atoms with Gasteiger partial charge in [-0.2, -0.15) is 0 Å². The maximum Gasteiger partial charge on any atom is 0.248 e. The first-order chi connectivity index (χ1) is 6.15. The van der Waals surface area contributed by atoms with Crippen LogP contribution in [0.15, 0.2) is 17.1 Å². The number of methoxy groups -OCH3 is 1. The number of aryl methyl sites for hydroxylation is 1. The maximum atomic E-state index is 10.9. The van der Waals surface area contributed by atoms with Crippen LogP contribution >= 0.6 is 0 Å². The van der Waals surface area contributed by atoms with Gasteiger partial charge in [0.2, 0.25) is 5.56 Å². The molecule has 1 aromatic rings. The van der Waals surface area contributed by atoms with E-state index < -0.39 is 0 Å². The average Bonchev–Trinajstić information content (AvgIpc) is 2.04. The fourth-order valence-electron chi connectivity index (χ4n) is 1.25. The molecule has 1 unspecified atom stereocenters. The van der Waals surface area contributed by atoms with Crippen molar-refractivity contribution in [2.45, 2.75) is 13.0 Å². The summed E-state index contributed by atoms with van der Waals surface area (Å²) in [6, 6.07) is 1.35. The molecule has 1 heterocycles. The molecule has 0 saturated carbocycles. The van der Waals surface area contributed by atoms with Gasteiger partial charge >= 0.3 is 0 Å². The Morgan fingerprint density at radius 1 is 1.69 bits per heavy atom. The molecule has 0 aliphatic heterocycles. The maximum absolute atomic E-state index is 10.9. The lowest BCUT2D eigenvalue weighted by Crippen LogP contribution is -2.19. The van der Waals surface area contributed by atoms with Crippen LogP contribution in [-0.4, -0.2) is 18.7 Å². The first kappa shape index (κ1) is 9.95. The summed E-state index contributed by atoms with van der Waals surface area (Å²) >= 11 is 0. The van der Waals surface area contributed by atoms with Crippen molar-refractivity contribution < 1.29 is 4.74 Å². The molecule has 0 aromatic carbocycles. The first-order valence-corrected chi connectivity index (χ1v) is 4.09. The van der Waals surface area contributed by atoms with Crippen LogP contribution in [0.3, 0.4) is 0 Å². The molecule has 0 fully saturated rings. The number of nitrogens with one attached hydrogen (secondary N) is 1. The molecule has 0 radical (unpaired) electrons. The Morgan fingerprint density at radius 2 is 2.38 bits per heavy atom. The van der Waals surface area contributed by atoms with Crippen molar-refractivity contribution in [3.63, 3.8) is 0 Å². The van der Waals surface area contributed by atoms with Crippen LogP contribution in [0.25, 0.3) is 0 Å². The number of aromatic nitrogens is 1. The number of pyridine rings is 1. The standard InChI is InChI=1S/C9H14N2O2/c1-6-3-9(12)11-4-7(6)8(10)5-13-2/h3-4,8H,5,10H2,1-2H3,(H,11,12). The summed E-state index contributed by atoms with van der Waals surface area (Å²) in [7, 11) is 1.60. The molecule has 72 valence electrons. The Morgan fingerprint density at radius 3 is 2.92 bits per heavy atom. The smallest absolute Gasteiger partial charge is 0.248 e. The minimum Gasteiger partial charge on any atom is -0.383 e. The monoisotopic (exact) mass is 182 g/mol. The van der Waals surface area contributed by atoms with Gasteiger partial charge in [0.1, 0.15) is 0 Å². The Bertz CT molecular complexity index is 333. The number of hydrogen-bond donors (Lipinski definition) is 2. The molecule has 0 amide bonds. The van der Waals surface area contributed by atoms with Crippen molar-refractivity contribution in [1.29, 1.82) is 0 Å². The van der Waals surface area contributed by atoms with E-state index in [4.69, 9.17) is 10.5 Å². The van der Waals surface area contributed by atoms with Crippen LogP contribution in [-0.2, 0) is 4.74 Å². The number of nitrogens with two attached hydrogens (primary N) is 1. The van der Waals surface area contributed by atoms with Crippen molar-refractivity contribution in [2.75, 3.05) is 13.7 Å². The summed E-state index contributed by atoms with van der Waals surface area (Å²) in [5, 5.41) is 0. The van der Waals surface area contributed by atoms with Gasteiger partial charge in [0.05, 0.1) is 12.6 Å². The zero-order valence-electron chi connectivity index (χ0n) is 7.83. The second-order valence-corrected chi connectivity index (χ2v) is 3.00. The molecule has 0 aliphatic rings. The van der Waals surface area contributed by atoms with E-state index in [0.717, 1.165) is 11.1 Å². The second-order valence-electron chi connectivity index (χ2n) is 3.00. The van der Waals surface area contributed by atoms with Crippen molar-refractivity contribution in [2.24, 2.45) is 5.73 Å². The van der Waals surface area contributed by atoms with Crippen molar-refractivity contribution in [1.82, 2.24) is 4.98 Å². The fourth-order valence-corrected chi connectivity index (χ4v) is 1.25. The largest absolute Gasteiger partial charge is 0.383 e. The third kappa shape index (κ3) is 2.40. The molecule has 1 atom stereocenters. The van der Waals surface area contributed by atoms with Crippen molar-refractivity contribution >= 4 is 0 Å². The average molecular weight is 182 g/mol. The van der Waals surface area contributed by atoms with Gasteiger partial charge in [-0.25, -0.2) is 0 Å². The number of ether oxygens (including phenoxy) is 1. The minimum atomic E-state index is -0.179. The minimum absolute atomic E-state index is 0.106. The molecule has 1 rings (SSSR count). The number of hydrogen-bond acceptors (Lipinski definition) is 3. The Kier molecular flexibility index (Phi) is 3.22. The van der Waals surface area contributed by atoms with Crippen LogP contribution in [0.5, 0.6) is 0 Å². The molecule has 0 spiro atoms. The highest BCUT2D eigenvalue weighted by Crippen LogP contribution is 2.11. The lowest BCUT2D eigenvalue weighted by molar-refractivity contribution is 0.180. The van der Waals surface area contributed by atoms with E-state index in [1.165, 1.54) is 6.07 Å². The van der Waals surface area contributed by atoms with Crippen molar-refractivity contribution in [3.8, 4) is 0 Å². The van der Waals surface area contributed by atoms with Gasteiger partial charge in [0, 0.05) is 19.4 Å². The molecule has 13 heavy (non-hydrogen) atoms. The summed E-state index contributed by atoms with van der Waals surface area (Å²) in [6.45, 7) is 2.31. The fraction of sp³-hybridized carbons (Fsp3) is 0.444. The van der Waals surface area contributed by atoms with Gasteiger partial charge in [-0.15, -0.1) is 0 Å². The zero-order chi connectivity index (χ0) is 9.84. The lowest BCUT2D eigenvalue weighted by Gasteiger charge is -2.12. The van der Waals surface area contributed by atoms with Gasteiger partial charge in [0.15, 0.2) is 0 Å². The predicted octanol–water partition coefficient (Wildman–Crippen LogP) is 0.330. The molecular formula is C9H14N2O2. The van der Waals surface area contributed by atoms with E-state index in [-0.39, 0.29) is 11.6 Å². The lowest BCUT2D eigenvalue weighted by atomic mass is 10.1. The quantitative estimate of drug-likeness (QED) is 0.707. The summed E-state index contributed by atoms with van der Waals surface area (Å²) in [4.78, 5) is 13.5. The highest BCUT2D eigenvalue weighted by molar-refractivity contribution is 5.24.